The number of aromatic nitrogens is 2. The van der Waals surface area contributed by atoms with E-state index in [9.17, 15) is 12.8 Å². The highest BCUT2D eigenvalue weighted by Crippen LogP contribution is 2.24. The number of ether oxygens (including phenoxy) is 1. The van der Waals surface area contributed by atoms with E-state index >= 15 is 0 Å². The average Bonchev–Trinajstić information content (AvgIpc) is 3.05. The van der Waals surface area contributed by atoms with Gasteiger partial charge in [0.2, 0.25) is 15.9 Å². The van der Waals surface area contributed by atoms with Gasteiger partial charge in [-0.05, 0) is 30.7 Å². The molecule has 3 rings (SSSR count). The maximum absolute atomic E-state index is 13.0. The van der Waals surface area contributed by atoms with E-state index in [1.807, 2.05) is 14.1 Å². The Kier molecular flexibility index (Phi) is 4.87. The molecule has 1 aliphatic rings. The Balaban J connectivity index is 1.69. The second kappa shape index (κ2) is 6.93. The minimum absolute atomic E-state index is 0.0731. The lowest BCUT2D eigenvalue weighted by Gasteiger charge is -2.17. The smallest absolute Gasteiger partial charge is 0.243 e. The summed E-state index contributed by atoms with van der Waals surface area (Å²) in [6.45, 7) is 0.554. The minimum Gasteiger partial charge on any atom is -0.472 e. The van der Waals surface area contributed by atoms with Gasteiger partial charge in [-0.15, -0.1) is 0 Å². The van der Waals surface area contributed by atoms with E-state index < -0.39 is 15.8 Å². The highest BCUT2D eigenvalue weighted by molar-refractivity contribution is 7.89. The van der Waals surface area contributed by atoms with Gasteiger partial charge < -0.3 is 9.64 Å². The molecule has 1 aliphatic heterocycles. The highest BCUT2D eigenvalue weighted by atomic mass is 32.2. The number of sulfonamides is 1. The summed E-state index contributed by atoms with van der Waals surface area (Å²) in [6, 6.07) is 4.81. The molecule has 1 saturated heterocycles. The fraction of sp³-hybridized carbons (Fsp3) is 0.375. The van der Waals surface area contributed by atoms with Crippen molar-refractivity contribution in [2.75, 3.05) is 32.1 Å². The van der Waals surface area contributed by atoms with Gasteiger partial charge in [0.1, 0.15) is 11.9 Å². The maximum atomic E-state index is 13.0. The van der Waals surface area contributed by atoms with E-state index in [1.54, 1.807) is 11.1 Å². The lowest BCUT2D eigenvalue weighted by atomic mass is 10.3. The largest absolute Gasteiger partial charge is 0.472 e. The molecule has 0 N–H and O–H groups in total. The van der Waals surface area contributed by atoms with Crippen LogP contribution in [-0.2, 0) is 10.0 Å². The van der Waals surface area contributed by atoms with E-state index in [0.717, 1.165) is 12.1 Å². The van der Waals surface area contributed by atoms with E-state index in [0.29, 0.717) is 24.7 Å². The van der Waals surface area contributed by atoms with Crippen molar-refractivity contribution in [2.45, 2.75) is 17.4 Å². The topological polar surface area (TPSA) is 75.6 Å². The number of hydrogen-bond acceptors (Lipinski definition) is 6. The molecule has 1 aromatic carbocycles. The fourth-order valence-corrected chi connectivity index (χ4v) is 4.04. The first kappa shape index (κ1) is 17.6. The van der Waals surface area contributed by atoms with Crippen LogP contribution in [0.25, 0.3) is 0 Å². The number of rotatable bonds is 5. The van der Waals surface area contributed by atoms with Gasteiger partial charge in [0.15, 0.2) is 5.82 Å². The Morgan fingerprint density at radius 3 is 2.64 bits per heavy atom. The Hall–Kier alpha value is -2.26. The van der Waals surface area contributed by atoms with E-state index in [4.69, 9.17) is 4.74 Å². The van der Waals surface area contributed by atoms with Crippen LogP contribution in [0.4, 0.5) is 10.2 Å². The van der Waals surface area contributed by atoms with Crippen molar-refractivity contribution in [3.8, 4) is 5.88 Å². The lowest BCUT2D eigenvalue weighted by Crippen LogP contribution is -2.31. The van der Waals surface area contributed by atoms with Crippen LogP contribution >= 0.6 is 0 Å². The molecule has 2 heterocycles. The lowest BCUT2D eigenvalue weighted by molar-refractivity contribution is 0.206. The van der Waals surface area contributed by atoms with Crippen LogP contribution in [-0.4, -0.2) is 56.0 Å². The monoisotopic (exact) mass is 366 g/mol. The molecule has 9 heteroatoms. The van der Waals surface area contributed by atoms with Crippen LogP contribution in [0.3, 0.4) is 0 Å². The maximum Gasteiger partial charge on any atom is 0.243 e. The van der Waals surface area contributed by atoms with Crippen LogP contribution in [0.2, 0.25) is 0 Å². The van der Waals surface area contributed by atoms with E-state index in [2.05, 4.69) is 9.97 Å². The molecule has 0 unspecified atom stereocenters. The summed E-state index contributed by atoms with van der Waals surface area (Å²) >= 11 is 0. The van der Waals surface area contributed by atoms with Crippen LogP contribution in [0.15, 0.2) is 41.6 Å². The summed E-state index contributed by atoms with van der Waals surface area (Å²) in [6.07, 6.45) is 3.37. The summed E-state index contributed by atoms with van der Waals surface area (Å²) in [5, 5.41) is 0. The number of benzene rings is 1. The number of hydrogen-bond donors (Lipinski definition) is 0. The van der Waals surface area contributed by atoms with E-state index in [1.165, 1.54) is 22.6 Å². The molecule has 1 aromatic heterocycles. The molecule has 0 bridgehead atoms. The van der Waals surface area contributed by atoms with Gasteiger partial charge >= 0.3 is 0 Å². The number of anilines is 1. The second-order valence-corrected chi connectivity index (χ2v) is 7.89. The quantitative estimate of drug-likeness (QED) is 0.799. The van der Waals surface area contributed by atoms with Gasteiger partial charge in [0.05, 0.1) is 23.8 Å². The zero-order valence-corrected chi connectivity index (χ0v) is 14.8. The van der Waals surface area contributed by atoms with Crippen LogP contribution < -0.4 is 9.64 Å². The van der Waals surface area contributed by atoms with Crippen molar-refractivity contribution in [3.63, 3.8) is 0 Å². The first-order valence-electron chi connectivity index (χ1n) is 7.78. The molecular formula is C16H19FN4O3S. The summed E-state index contributed by atoms with van der Waals surface area (Å²) in [5.74, 6) is 0.546. The molecule has 1 fully saturated rings. The van der Waals surface area contributed by atoms with Crippen LogP contribution in [0, 0.1) is 5.82 Å². The van der Waals surface area contributed by atoms with Crippen molar-refractivity contribution in [3.05, 3.63) is 42.5 Å². The predicted molar refractivity (Wildman–Crippen MR) is 90.6 cm³/mol. The summed E-state index contributed by atoms with van der Waals surface area (Å²) in [5.41, 5.74) is 0. The Morgan fingerprint density at radius 2 is 1.96 bits per heavy atom. The first-order chi connectivity index (χ1) is 11.9. The average molecular weight is 366 g/mol. The fourth-order valence-electron chi connectivity index (χ4n) is 2.55. The predicted octanol–water partition coefficient (Wildman–Crippen LogP) is 1.52. The van der Waals surface area contributed by atoms with Gasteiger partial charge in [0.25, 0.3) is 0 Å². The third-order valence-corrected chi connectivity index (χ3v) is 5.78. The van der Waals surface area contributed by atoms with Gasteiger partial charge in [-0.2, -0.15) is 9.29 Å². The van der Waals surface area contributed by atoms with Gasteiger partial charge in [-0.25, -0.2) is 12.8 Å². The molecule has 0 radical (unpaired) electrons. The molecule has 0 saturated carbocycles. The zero-order valence-electron chi connectivity index (χ0n) is 14.0. The van der Waals surface area contributed by atoms with Crippen LogP contribution in [0.1, 0.15) is 6.42 Å². The standard InChI is InChI=1S/C16H19FN4O3S/c1-20(2)15-9-18-10-16(19-15)24-13-7-8-21(11-13)25(22,23)14-5-3-12(17)4-6-14/h3-6,9-10,13H,7-8,11H2,1-2H3/t13-/m0/s1. The zero-order chi connectivity index (χ0) is 18.0. The number of nitrogens with zero attached hydrogens (tertiary/aromatic N) is 4. The molecule has 7 nitrogen and oxygen atoms in total. The normalized spacial score (nSPS) is 18.3. The Morgan fingerprint density at radius 1 is 1.24 bits per heavy atom. The molecule has 0 aliphatic carbocycles. The first-order valence-corrected chi connectivity index (χ1v) is 9.22. The third-order valence-electron chi connectivity index (χ3n) is 3.90. The highest BCUT2D eigenvalue weighted by Gasteiger charge is 2.33. The van der Waals surface area contributed by atoms with Gasteiger partial charge in [0, 0.05) is 20.6 Å². The van der Waals surface area contributed by atoms with Crippen LogP contribution in [0.5, 0.6) is 5.88 Å². The van der Waals surface area contributed by atoms with E-state index in [-0.39, 0.29) is 17.5 Å². The molecular weight excluding hydrogens is 347 g/mol. The minimum atomic E-state index is -3.66. The van der Waals surface area contributed by atoms with Gasteiger partial charge in [-0.3, -0.25) is 4.98 Å². The van der Waals surface area contributed by atoms with Crippen molar-refractivity contribution in [1.29, 1.82) is 0 Å². The molecule has 0 amide bonds. The summed E-state index contributed by atoms with van der Waals surface area (Å²) in [4.78, 5) is 10.3. The Bertz CT molecular complexity index is 843. The SMILES string of the molecule is CN(C)c1cncc(O[C@H]2CCN(S(=O)(=O)c3ccc(F)cc3)C2)n1. The molecule has 2 aromatic rings. The molecule has 25 heavy (non-hydrogen) atoms. The van der Waals surface area contributed by atoms with Gasteiger partial charge in [-0.1, -0.05) is 0 Å². The third kappa shape index (κ3) is 3.88. The Labute approximate surface area is 146 Å². The number of halogens is 1. The van der Waals surface area contributed by atoms with Crippen molar-refractivity contribution in [2.24, 2.45) is 0 Å². The second-order valence-electron chi connectivity index (χ2n) is 5.96. The van der Waals surface area contributed by atoms with Crippen molar-refractivity contribution < 1.29 is 17.5 Å². The molecule has 134 valence electrons. The van der Waals surface area contributed by atoms with Crippen molar-refractivity contribution >= 4 is 15.8 Å². The summed E-state index contributed by atoms with van der Waals surface area (Å²) in [7, 11) is 0.0353. The molecule has 0 spiro atoms. The van der Waals surface area contributed by atoms with Crippen molar-refractivity contribution in [1.82, 2.24) is 14.3 Å². The summed E-state index contributed by atoms with van der Waals surface area (Å²) < 4.78 is 45.3. The molecule has 1 atom stereocenters.